The third kappa shape index (κ3) is 4.65. The summed E-state index contributed by atoms with van der Waals surface area (Å²) in [6.45, 7) is 9.34. The largest absolute Gasteiger partial charge is 0.242 e. The maximum Gasteiger partial charge on any atom is 0.0976 e. The van der Waals surface area contributed by atoms with Crippen molar-refractivity contribution in [3.05, 3.63) is 35.4 Å². The van der Waals surface area contributed by atoms with Gasteiger partial charge in [0.2, 0.25) is 0 Å². The van der Waals surface area contributed by atoms with Crippen molar-refractivity contribution in [1.29, 1.82) is 0 Å². The Bertz CT molecular complexity index is 494. The van der Waals surface area contributed by atoms with Crippen LogP contribution in [0.1, 0.15) is 57.6 Å². The fourth-order valence-electron chi connectivity index (χ4n) is 3.19. The highest BCUT2D eigenvalue weighted by Gasteiger charge is 2.33. The molecule has 1 saturated carbocycles. The topological polar surface area (TPSA) is 29.1 Å². The maximum absolute atomic E-state index is 12.6. The summed E-state index contributed by atoms with van der Waals surface area (Å²) in [6.07, 6.45) is 5.14. The molecule has 1 aromatic rings. The molecule has 118 valence electrons. The molecule has 2 nitrogen and oxygen atoms in total. The van der Waals surface area contributed by atoms with Crippen LogP contribution in [-0.2, 0) is 17.5 Å². The predicted molar refractivity (Wildman–Crippen MR) is 91.4 cm³/mol. The summed E-state index contributed by atoms with van der Waals surface area (Å²) in [5.41, 5.74) is 2.45. The average Bonchev–Trinajstić information content (AvgIpc) is 2.33. The normalized spacial score (nSPS) is 19.0. The molecule has 2 atom stereocenters. The van der Waals surface area contributed by atoms with Gasteiger partial charge in [0.1, 0.15) is 0 Å². The summed E-state index contributed by atoms with van der Waals surface area (Å²) in [5, 5.41) is 0. The van der Waals surface area contributed by atoms with Crippen LogP contribution in [-0.4, -0.2) is 8.96 Å². The molecule has 0 heterocycles. The fraction of sp³-hybridized carbons (Fsp3) is 0.667. The molecule has 1 aromatic carbocycles. The summed E-state index contributed by atoms with van der Waals surface area (Å²) in [4.78, 5) is 0. The Morgan fingerprint density at radius 1 is 1.38 bits per heavy atom. The van der Waals surface area contributed by atoms with Gasteiger partial charge in [-0.1, -0.05) is 56.0 Å². The minimum absolute atomic E-state index is 0.168. The van der Waals surface area contributed by atoms with E-state index in [2.05, 4.69) is 56.7 Å². The Morgan fingerprint density at radius 2 is 2.10 bits per heavy atom. The van der Waals surface area contributed by atoms with Gasteiger partial charge >= 0.3 is 0 Å². The second-order valence-electron chi connectivity index (χ2n) is 7.21. The second kappa shape index (κ2) is 7.06. The SMILES string of the molecule is Cc1cccc(CNS(=O)C(C)(C)C[C@H](C)C2CCC2)c1. The molecule has 21 heavy (non-hydrogen) atoms. The Kier molecular flexibility index (Phi) is 5.61. The van der Waals surface area contributed by atoms with E-state index in [0.29, 0.717) is 12.5 Å². The number of hydrogen-bond acceptors (Lipinski definition) is 1. The lowest BCUT2D eigenvalue weighted by atomic mass is 9.74. The van der Waals surface area contributed by atoms with Gasteiger partial charge in [-0.2, -0.15) is 0 Å². The first kappa shape index (κ1) is 16.7. The molecular weight excluding hydrogens is 278 g/mol. The van der Waals surface area contributed by atoms with Crippen molar-refractivity contribution in [2.24, 2.45) is 11.8 Å². The Labute approximate surface area is 132 Å². The van der Waals surface area contributed by atoms with Gasteiger partial charge in [0.25, 0.3) is 0 Å². The lowest BCUT2D eigenvalue weighted by Crippen LogP contribution is -2.39. The zero-order chi connectivity index (χ0) is 15.5. The van der Waals surface area contributed by atoms with Crippen LogP contribution in [0.2, 0.25) is 0 Å². The summed E-state index contributed by atoms with van der Waals surface area (Å²) in [7, 11) is -1.00. The molecule has 0 bridgehead atoms. The van der Waals surface area contributed by atoms with Gasteiger partial charge in [-0.25, -0.2) is 8.93 Å². The van der Waals surface area contributed by atoms with E-state index in [-0.39, 0.29) is 4.75 Å². The highest BCUT2D eigenvalue weighted by molar-refractivity contribution is 7.84. The molecule has 1 unspecified atom stereocenters. The number of aryl methyl sites for hydroxylation is 1. The van der Waals surface area contributed by atoms with Gasteiger partial charge in [0.05, 0.1) is 15.7 Å². The first-order valence-corrected chi connectivity index (χ1v) is 9.24. The van der Waals surface area contributed by atoms with Crippen molar-refractivity contribution in [3.8, 4) is 0 Å². The van der Waals surface area contributed by atoms with Gasteiger partial charge in [-0.3, -0.25) is 0 Å². The maximum atomic E-state index is 12.6. The van der Waals surface area contributed by atoms with Gasteiger partial charge in [0, 0.05) is 6.54 Å². The van der Waals surface area contributed by atoms with Crippen LogP contribution in [0.5, 0.6) is 0 Å². The van der Waals surface area contributed by atoms with Crippen molar-refractivity contribution in [2.75, 3.05) is 0 Å². The van der Waals surface area contributed by atoms with Crippen LogP contribution < -0.4 is 4.72 Å². The smallest absolute Gasteiger partial charge is 0.0976 e. The van der Waals surface area contributed by atoms with Crippen molar-refractivity contribution in [2.45, 2.75) is 64.7 Å². The lowest BCUT2D eigenvalue weighted by molar-refractivity contribution is 0.200. The van der Waals surface area contributed by atoms with Crippen molar-refractivity contribution < 1.29 is 4.21 Å². The van der Waals surface area contributed by atoms with Crippen LogP contribution in [0.25, 0.3) is 0 Å². The van der Waals surface area contributed by atoms with E-state index in [1.54, 1.807) is 0 Å². The summed E-state index contributed by atoms with van der Waals surface area (Å²) in [6, 6.07) is 8.37. The predicted octanol–water partition coefficient (Wildman–Crippen LogP) is 4.35. The molecule has 1 aliphatic rings. The molecule has 0 amide bonds. The van der Waals surface area contributed by atoms with Crippen LogP contribution in [0.3, 0.4) is 0 Å². The standard InChI is InChI=1S/C18H29NOS/c1-14-7-5-8-16(11-14)13-19-21(20)18(3,4)12-15(2)17-9-6-10-17/h5,7-8,11,15,17,19H,6,9-10,12-13H2,1-4H3/t15-,21?/m0/s1. The molecule has 3 heteroatoms. The van der Waals surface area contributed by atoms with Crippen molar-refractivity contribution in [3.63, 3.8) is 0 Å². The van der Waals surface area contributed by atoms with Crippen LogP contribution in [0.15, 0.2) is 24.3 Å². The monoisotopic (exact) mass is 307 g/mol. The molecule has 0 radical (unpaired) electrons. The van der Waals surface area contributed by atoms with Gasteiger partial charge in [-0.05, 0) is 44.6 Å². The molecule has 1 N–H and O–H groups in total. The average molecular weight is 308 g/mol. The van der Waals surface area contributed by atoms with Gasteiger partial charge in [-0.15, -0.1) is 0 Å². The molecule has 0 aliphatic heterocycles. The quantitative estimate of drug-likeness (QED) is 0.797. The second-order valence-corrected chi connectivity index (χ2v) is 9.14. The molecule has 0 aromatic heterocycles. The first-order valence-electron chi connectivity index (χ1n) is 8.09. The van der Waals surface area contributed by atoms with Crippen LogP contribution >= 0.6 is 0 Å². The molecule has 1 fully saturated rings. The third-order valence-corrected chi connectivity index (χ3v) is 6.34. The van der Waals surface area contributed by atoms with Crippen molar-refractivity contribution in [1.82, 2.24) is 4.72 Å². The van der Waals surface area contributed by atoms with Crippen molar-refractivity contribution >= 4 is 11.0 Å². The van der Waals surface area contributed by atoms with E-state index in [4.69, 9.17) is 0 Å². The highest BCUT2D eigenvalue weighted by Crippen LogP contribution is 2.38. The van der Waals surface area contributed by atoms with Crippen LogP contribution in [0.4, 0.5) is 0 Å². The third-order valence-electron chi connectivity index (χ3n) is 4.76. The Balaban J connectivity index is 1.85. The zero-order valence-electron chi connectivity index (χ0n) is 13.8. The Morgan fingerprint density at radius 3 is 2.67 bits per heavy atom. The van der Waals surface area contributed by atoms with Crippen LogP contribution in [0, 0.1) is 18.8 Å². The lowest BCUT2D eigenvalue weighted by Gasteiger charge is -2.36. The minimum Gasteiger partial charge on any atom is -0.242 e. The highest BCUT2D eigenvalue weighted by atomic mass is 32.2. The van der Waals surface area contributed by atoms with E-state index in [1.807, 2.05) is 0 Å². The summed E-state index contributed by atoms with van der Waals surface area (Å²) < 4.78 is 15.6. The number of benzene rings is 1. The first-order chi connectivity index (χ1) is 9.88. The molecule has 0 saturated heterocycles. The van der Waals surface area contributed by atoms with Gasteiger partial charge in [0.15, 0.2) is 0 Å². The Hall–Kier alpha value is -0.670. The zero-order valence-corrected chi connectivity index (χ0v) is 14.6. The molecule has 0 spiro atoms. The van der Waals surface area contributed by atoms with E-state index in [9.17, 15) is 4.21 Å². The number of nitrogens with one attached hydrogen (secondary N) is 1. The van der Waals surface area contributed by atoms with E-state index >= 15 is 0 Å². The van der Waals surface area contributed by atoms with E-state index in [0.717, 1.165) is 12.3 Å². The molecule has 2 rings (SSSR count). The summed E-state index contributed by atoms with van der Waals surface area (Å²) in [5.74, 6) is 1.54. The molecular formula is C18H29NOS. The van der Waals surface area contributed by atoms with E-state index < -0.39 is 11.0 Å². The summed E-state index contributed by atoms with van der Waals surface area (Å²) >= 11 is 0. The number of rotatable bonds is 7. The van der Waals surface area contributed by atoms with Gasteiger partial charge < -0.3 is 0 Å². The van der Waals surface area contributed by atoms with E-state index in [1.165, 1.54) is 30.4 Å². The number of hydrogen-bond donors (Lipinski definition) is 1. The minimum atomic E-state index is -1.00. The fourth-order valence-corrected chi connectivity index (χ4v) is 4.30. The molecule has 1 aliphatic carbocycles.